The molecule has 0 bridgehead atoms. The number of hydrogen-bond donors (Lipinski definition) is 1. The van der Waals surface area contributed by atoms with Crippen LogP contribution in [0.25, 0.3) is 11.8 Å². The third kappa shape index (κ3) is 2.85. The highest BCUT2D eigenvalue weighted by Crippen LogP contribution is 2.24. The summed E-state index contributed by atoms with van der Waals surface area (Å²) in [5.41, 5.74) is 8.55. The Labute approximate surface area is 116 Å². The summed E-state index contributed by atoms with van der Waals surface area (Å²) in [6, 6.07) is 7.85. The molecule has 0 aliphatic rings. The van der Waals surface area contributed by atoms with Crippen LogP contribution in [0.2, 0.25) is 5.15 Å². The molecule has 0 unspecified atom stereocenters. The molecule has 0 aliphatic heterocycles. The van der Waals surface area contributed by atoms with Crippen molar-refractivity contribution in [2.24, 2.45) is 5.73 Å². The molecule has 2 N–H and O–H groups in total. The number of rotatable bonds is 3. The van der Waals surface area contributed by atoms with Gasteiger partial charge in [0, 0.05) is 11.6 Å². The number of nitrogens with two attached hydrogens (primary N) is 1. The number of amides is 1. The Morgan fingerprint density at radius 1 is 1.32 bits per heavy atom. The highest BCUT2D eigenvalue weighted by Gasteiger charge is 2.12. The molecule has 2 aromatic rings. The monoisotopic (exact) mass is 275 g/mol. The van der Waals surface area contributed by atoms with Crippen molar-refractivity contribution in [2.75, 3.05) is 0 Å². The first kappa shape index (κ1) is 13.4. The topological polar surface area (TPSA) is 60.9 Å². The Hall–Kier alpha value is -2.07. The normalized spacial score (nSPS) is 11.1. The predicted octanol–water partition coefficient (Wildman–Crippen LogP) is 2.64. The van der Waals surface area contributed by atoms with Crippen LogP contribution in [0.15, 0.2) is 30.3 Å². The average molecular weight is 276 g/mol. The van der Waals surface area contributed by atoms with E-state index in [2.05, 4.69) is 5.10 Å². The Balaban J connectivity index is 2.46. The van der Waals surface area contributed by atoms with Crippen LogP contribution in [-0.4, -0.2) is 15.7 Å². The number of benzene rings is 1. The molecule has 2 rings (SSSR count). The van der Waals surface area contributed by atoms with Gasteiger partial charge in [0.05, 0.1) is 11.4 Å². The SMILES string of the molecule is Cc1ccc(-n2nc(C)c(/C=C\C(N)=O)c2Cl)cc1. The van der Waals surface area contributed by atoms with Crippen LogP contribution >= 0.6 is 11.6 Å². The summed E-state index contributed by atoms with van der Waals surface area (Å²) < 4.78 is 1.64. The van der Waals surface area contributed by atoms with Crippen molar-refractivity contribution in [3.63, 3.8) is 0 Å². The van der Waals surface area contributed by atoms with Gasteiger partial charge in [-0.3, -0.25) is 4.79 Å². The number of carbonyl (C=O) groups excluding carboxylic acids is 1. The number of primary amides is 1. The predicted molar refractivity (Wildman–Crippen MR) is 76.3 cm³/mol. The van der Waals surface area contributed by atoms with Crippen molar-refractivity contribution in [1.29, 1.82) is 0 Å². The number of aromatic nitrogens is 2. The molecular weight excluding hydrogens is 262 g/mol. The zero-order valence-corrected chi connectivity index (χ0v) is 11.5. The van der Waals surface area contributed by atoms with Crippen LogP contribution in [0.3, 0.4) is 0 Å². The molecule has 1 heterocycles. The maximum atomic E-state index is 10.8. The number of aryl methyl sites for hydroxylation is 2. The fourth-order valence-electron chi connectivity index (χ4n) is 1.72. The van der Waals surface area contributed by atoms with E-state index in [-0.39, 0.29) is 0 Å². The summed E-state index contributed by atoms with van der Waals surface area (Å²) in [6.45, 7) is 3.85. The largest absolute Gasteiger partial charge is 0.366 e. The van der Waals surface area contributed by atoms with Crippen molar-refractivity contribution >= 4 is 23.6 Å². The van der Waals surface area contributed by atoms with Crippen LogP contribution < -0.4 is 5.73 Å². The number of nitrogens with zero attached hydrogens (tertiary/aromatic N) is 2. The Bertz CT molecular complexity index is 641. The van der Waals surface area contributed by atoms with Gasteiger partial charge in [-0.25, -0.2) is 4.68 Å². The first-order chi connectivity index (χ1) is 8.99. The summed E-state index contributed by atoms with van der Waals surface area (Å²) in [5, 5.41) is 4.83. The maximum Gasteiger partial charge on any atom is 0.241 e. The second kappa shape index (κ2) is 5.28. The van der Waals surface area contributed by atoms with E-state index in [1.807, 2.05) is 38.1 Å². The Morgan fingerprint density at radius 3 is 2.53 bits per heavy atom. The molecule has 0 radical (unpaired) electrons. The molecule has 98 valence electrons. The van der Waals surface area contributed by atoms with E-state index < -0.39 is 5.91 Å². The number of carbonyl (C=O) groups is 1. The minimum atomic E-state index is -0.515. The minimum Gasteiger partial charge on any atom is -0.366 e. The van der Waals surface area contributed by atoms with Gasteiger partial charge in [0.1, 0.15) is 5.15 Å². The van der Waals surface area contributed by atoms with Gasteiger partial charge in [0.2, 0.25) is 5.91 Å². The minimum absolute atomic E-state index is 0.457. The molecule has 5 heteroatoms. The summed E-state index contributed by atoms with van der Waals surface area (Å²) >= 11 is 6.28. The third-order valence-corrected chi connectivity index (χ3v) is 3.10. The van der Waals surface area contributed by atoms with Gasteiger partial charge in [-0.2, -0.15) is 5.10 Å². The lowest BCUT2D eigenvalue weighted by Crippen LogP contribution is -2.05. The van der Waals surface area contributed by atoms with E-state index in [0.717, 1.165) is 16.9 Å². The van der Waals surface area contributed by atoms with Gasteiger partial charge >= 0.3 is 0 Å². The first-order valence-corrected chi connectivity index (χ1v) is 6.16. The van der Waals surface area contributed by atoms with Crippen LogP contribution in [0.5, 0.6) is 0 Å². The van der Waals surface area contributed by atoms with Crippen molar-refractivity contribution < 1.29 is 4.79 Å². The Kier molecular flexibility index (Phi) is 3.71. The van der Waals surface area contributed by atoms with E-state index in [1.165, 1.54) is 6.08 Å². The first-order valence-electron chi connectivity index (χ1n) is 5.78. The molecule has 1 aromatic carbocycles. The number of halogens is 1. The Morgan fingerprint density at radius 2 is 1.95 bits per heavy atom. The van der Waals surface area contributed by atoms with Crippen molar-refractivity contribution in [2.45, 2.75) is 13.8 Å². The molecule has 0 spiro atoms. The highest BCUT2D eigenvalue weighted by atomic mass is 35.5. The third-order valence-electron chi connectivity index (χ3n) is 2.74. The highest BCUT2D eigenvalue weighted by molar-refractivity contribution is 6.31. The lowest BCUT2D eigenvalue weighted by molar-refractivity contribution is -0.113. The zero-order valence-electron chi connectivity index (χ0n) is 10.7. The van der Waals surface area contributed by atoms with Crippen molar-refractivity contribution in [3.8, 4) is 5.69 Å². The van der Waals surface area contributed by atoms with Crippen LogP contribution in [-0.2, 0) is 4.79 Å². The molecule has 1 aromatic heterocycles. The fraction of sp³-hybridized carbons (Fsp3) is 0.143. The van der Waals surface area contributed by atoms with Crippen LogP contribution in [0, 0.1) is 13.8 Å². The lowest BCUT2D eigenvalue weighted by atomic mass is 10.2. The molecular formula is C14H14ClN3O. The second-order valence-electron chi connectivity index (χ2n) is 4.27. The summed E-state index contributed by atoms with van der Waals surface area (Å²) in [4.78, 5) is 10.8. The average Bonchev–Trinajstić information content (AvgIpc) is 2.63. The van der Waals surface area contributed by atoms with Crippen LogP contribution in [0.4, 0.5) is 0 Å². The fourth-order valence-corrected chi connectivity index (χ4v) is 2.06. The van der Waals surface area contributed by atoms with E-state index in [9.17, 15) is 4.79 Å². The van der Waals surface area contributed by atoms with Crippen LogP contribution in [0.1, 0.15) is 16.8 Å². The second-order valence-corrected chi connectivity index (χ2v) is 4.63. The molecule has 19 heavy (non-hydrogen) atoms. The molecule has 0 atom stereocenters. The maximum absolute atomic E-state index is 10.8. The van der Waals surface area contributed by atoms with Crippen molar-refractivity contribution in [3.05, 3.63) is 52.3 Å². The van der Waals surface area contributed by atoms with Gasteiger partial charge < -0.3 is 5.73 Å². The van der Waals surface area contributed by atoms with Gasteiger partial charge in [-0.05, 0) is 32.1 Å². The summed E-state index contributed by atoms with van der Waals surface area (Å²) in [5.74, 6) is -0.515. The lowest BCUT2D eigenvalue weighted by Gasteiger charge is -2.03. The summed E-state index contributed by atoms with van der Waals surface area (Å²) in [6.07, 6.45) is 2.85. The van der Waals surface area contributed by atoms with Gasteiger partial charge in [-0.1, -0.05) is 29.3 Å². The van der Waals surface area contributed by atoms with E-state index in [4.69, 9.17) is 17.3 Å². The quantitative estimate of drug-likeness (QED) is 0.876. The van der Waals surface area contributed by atoms with E-state index >= 15 is 0 Å². The van der Waals surface area contributed by atoms with Gasteiger partial charge in [0.15, 0.2) is 0 Å². The molecule has 4 nitrogen and oxygen atoms in total. The standard InChI is InChI=1S/C14H14ClN3O/c1-9-3-5-11(6-4-9)18-14(15)12(10(2)17-18)7-8-13(16)19/h3-8H,1-2H3,(H2,16,19)/b8-7-. The van der Waals surface area contributed by atoms with Gasteiger partial charge in [0.25, 0.3) is 0 Å². The summed E-state index contributed by atoms with van der Waals surface area (Å²) in [7, 11) is 0. The smallest absolute Gasteiger partial charge is 0.241 e. The molecule has 1 amide bonds. The molecule has 0 fully saturated rings. The molecule has 0 aliphatic carbocycles. The van der Waals surface area contributed by atoms with E-state index in [1.54, 1.807) is 10.8 Å². The van der Waals surface area contributed by atoms with Crippen molar-refractivity contribution in [1.82, 2.24) is 9.78 Å². The van der Waals surface area contributed by atoms with E-state index in [0.29, 0.717) is 10.7 Å². The zero-order chi connectivity index (χ0) is 14.0. The molecule has 0 saturated carbocycles. The number of hydrogen-bond acceptors (Lipinski definition) is 2. The van der Waals surface area contributed by atoms with Gasteiger partial charge in [-0.15, -0.1) is 0 Å². The molecule has 0 saturated heterocycles.